The second kappa shape index (κ2) is 6.70. The highest BCUT2D eigenvalue weighted by atomic mass is 16.3. The molecule has 0 saturated carbocycles. The van der Waals surface area contributed by atoms with Crippen molar-refractivity contribution in [2.45, 2.75) is 26.2 Å². The van der Waals surface area contributed by atoms with E-state index in [-0.39, 0.29) is 5.75 Å². The van der Waals surface area contributed by atoms with Crippen LogP contribution in [0.1, 0.15) is 31.9 Å². The van der Waals surface area contributed by atoms with Crippen LogP contribution >= 0.6 is 0 Å². The van der Waals surface area contributed by atoms with Crippen molar-refractivity contribution < 1.29 is 5.11 Å². The molecule has 0 radical (unpaired) electrons. The van der Waals surface area contributed by atoms with Gasteiger partial charge in [0.25, 0.3) is 0 Å². The molecule has 0 aliphatic heterocycles. The molecule has 0 fully saturated rings. The number of hydrogen-bond acceptors (Lipinski definition) is 4. The molecule has 104 valence electrons. The first-order chi connectivity index (χ1) is 9.70. The molecule has 0 spiro atoms. The highest BCUT2D eigenvalue weighted by molar-refractivity contribution is 5.71. The van der Waals surface area contributed by atoms with Crippen LogP contribution in [0.25, 0.3) is 17.3 Å². The van der Waals surface area contributed by atoms with Gasteiger partial charge in [-0.2, -0.15) is 0 Å². The van der Waals surface area contributed by atoms with E-state index in [0.29, 0.717) is 11.5 Å². The fourth-order valence-corrected chi connectivity index (χ4v) is 1.85. The summed E-state index contributed by atoms with van der Waals surface area (Å²) in [6, 6.07) is 6.78. The molecule has 1 aromatic carbocycles. The molecule has 1 aromatic heterocycles. The highest BCUT2D eigenvalue weighted by Crippen LogP contribution is 2.24. The molecular formula is C16H19N3O. The number of rotatable bonds is 5. The standard InChI is InChI=1S/C16H19N3O/c1-2-3-4-5-6-13-11-18-16(17)15(19-13)12-7-9-14(20)10-8-12/h5-11,20H,2-4H2,1H3,(H2,17,18)/b6-5+. The van der Waals surface area contributed by atoms with Gasteiger partial charge in [0.05, 0.1) is 11.9 Å². The average molecular weight is 269 g/mol. The van der Waals surface area contributed by atoms with Gasteiger partial charge >= 0.3 is 0 Å². The Morgan fingerprint density at radius 3 is 2.70 bits per heavy atom. The minimum atomic E-state index is 0.218. The minimum absolute atomic E-state index is 0.218. The molecule has 2 rings (SSSR count). The van der Waals surface area contributed by atoms with E-state index >= 15 is 0 Å². The number of benzene rings is 1. The second-order valence-corrected chi connectivity index (χ2v) is 4.62. The Labute approximate surface area is 119 Å². The molecule has 0 amide bonds. The topological polar surface area (TPSA) is 72.0 Å². The van der Waals surface area contributed by atoms with Gasteiger partial charge in [0.2, 0.25) is 0 Å². The Kier molecular flexibility index (Phi) is 4.71. The molecule has 0 bridgehead atoms. The number of phenols is 1. The molecule has 4 nitrogen and oxygen atoms in total. The molecule has 0 unspecified atom stereocenters. The Bertz CT molecular complexity index is 591. The summed E-state index contributed by atoms with van der Waals surface area (Å²) in [5.41, 5.74) is 8.15. The molecule has 0 atom stereocenters. The summed E-state index contributed by atoms with van der Waals surface area (Å²) < 4.78 is 0. The second-order valence-electron chi connectivity index (χ2n) is 4.62. The Morgan fingerprint density at radius 2 is 2.00 bits per heavy atom. The number of phenolic OH excluding ortho intramolecular Hbond substituents is 1. The summed E-state index contributed by atoms with van der Waals surface area (Å²) in [6.07, 6.45) is 9.12. The number of unbranched alkanes of at least 4 members (excludes halogenated alkanes) is 2. The van der Waals surface area contributed by atoms with Gasteiger partial charge in [-0.05, 0) is 36.8 Å². The molecule has 0 aliphatic rings. The van der Waals surface area contributed by atoms with Crippen molar-refractivity contribution in [2.24, 2.45) is 0 Å². The fraction of sp³-hybridized carbons (Fsp3) is 0.250. The van der Waals surface area contributed by atoms with E-state index in [4.69, 9.17) is 5.73 Å². The van der Waals surface area contributed by atoms with E-state index in [1.807, 2.05) is 6.08 Å². The summed E-state index contributed by atoms with van der Waals surface area (Å²) in [5, 5.41) is 9.32. The largest absolute Gasteiger partial charge is 0.508 e. The number of anilines is 1. The number of hydrogen-bond donors (Lipinski definition) is 2. The van der Waals surface area contributed by atoms with Gasteiger partial charge in [0.15, 0.2) is 0 Å². The number of aromatic nitrogens is 2. The predicted molar refractivity (Wildman–Crippen MR) is 82.1 cm³/mol. The third kappa shape index (κ3) is 3.57. The molecule has 20 heavy (non-hydrogen) atoms. The van der Waals surface area contributed by atoms with Crippen LogP contribution in [0.3, 0.4) is 0 Å². The lowest BCUT2D eigenvalue weighted by Gasteiger charge is -2.05. The van der Waals surface area contributed by atoms with Crippen LogP contribution in [0.2, 0.25) is 0 Å². The van der Waals surface area contributed by atoms with Crippen molar-refractivity contribution in [1.82, 2.24) is 9.97 Å². The maximum atomic E-state index is 9.32. The lowest BCUT2D eigenvalue weighted by Crippen LogP contribution is -1.98. The van der Waals surface area contributed by atoms with Gasteiger partial charge < -0.3 is 10.8 Å². The van der Waals surface area contributed by atoms with Gasteiger partial charge in [0, 0.05) is 5.56 Å². The first-order valence-corrected chi connectivity index (χ1v) is 6.79. The number of nitrogen functional groups attached to an aromatic ring is 1. The minimum Gasteiger partial charge on any atom is -0.508 e. The zero-order chi connectivity index (χ0) is 14.4. The molecule has 1 heterocycles. The van der Waals surface area contributed by atoms with Crippen molar-refractivity contribution in [3.8, 4) is 17.0 Å². The number of nitrogens with two attached hydrogens (primary N) is 1. The third-order valence-corrected chi connectivity index (χ3v) is 2.97. The predicted octanol–water partition coefficient (Wildman–Crippen LogP) is 3.63. The molecule has 0 aliphatic carbocycles. The molecule has 3 N–H and O–H groups in total. The van der Waals surface area contributed by atoms with Crippen LogP contribution in [0.5, 0.6) is 5.75 Å². The van der Waals surface area contributed by atoms with Crippen molar-refractivity contribution in [3.63, 3.8) is 0 Å². The summed E-state index contributed by atoms with van der Waals surface area (Å²) in [7, 11) is 0. The highest BCUT2D eigenvalue weighted by Gasteiger charge is 2.06. The maximum absolute atomic E-state index is 9.32. The monoisotopic (exact) mass is 269 g/mol. The van der Waals surface area contributed by atoms with E-state index in [1.165, 1.54) is 12.8 Å². The lowest BCUT2D eigenvalue weighted by atomic mass is 10.1. The Hall–Kier alpha value is -2.36. The van der Waals surface area contributed by atoms with Gasteiger partial charge in [-0.15, -0.1) is 0 Å². The van der Waals surface area contributed by atoms with Crippen LogP contribution in [0.4, 0.5) is 5.82 Å². The first kappa shape index (κ1) is 14.1. The van der Waals surface area contributed by atoms with Gasteiger partial charge in [-0.25, -0.2) is 9.97 Å². The van der Waals surface area contributed by atoms with Crippen LogP contribution < -0.4 is 5.73 Å². The zero-order valence-corrected chi connectivity index (χ0v) is 11.6. The molecule has 0 saturated heterocycles. The quantitative estimate of drug-likeness (QED) is 0.813. The van der Waals surface area contributed by atoms with Crippen LogP contribution in [-0.2, 0) is 0 Å². The van der Waals surface area contributed by atoms with Crippen molar-refractivity contribution in [2.75, 3.05) is 5.73 Å². The average Bonchev–Trinajstić information content (AvgIpc) is 2.46. The number of aromatic hydroxyl groups is 1. The molecular weight excluding hydrogens is 250 g/mol. The van der Waals surface area contributed by atoms with Gasteiger partial charge in [-0.1, -0.05) is 25.8 Å². The number of nitrogens with zero attached hydrogens (tertiary/aromatic N) is 2. The number of allylic oxidation sites excluding steroid dienone is 1. The van der Waals surface area contributed by atoms with E-state index in [2.05, 4.69) is 23.0 Å². The lowest BCUT2D eigenvalue weighted by molar-refractivity contribution is 0.475. The van der Waals surface area contributed by atoms with Crippen LogP contribution in [0, 0.1) is 0 Å². The zero-order valence-electron chi connectivity index (χ0n) is 11.6. The van der Waals surface area contributed by atoms with Gasteiger partial charge in [-0.3, -0.25) is 0 Å². The van der Waals surface area contributed by atoms with E-state index in [1.54, 1.807) is 30.5 Å². The van der Waals surface area contributed by atoms with Crippen molar-refractivity contribution in [3.05, 3.63) is 42.2 Å². The molecule has 2 aromatic rings. The van der Waals surface area contributed by atoms with Crippen molar-refractivity contribution >= 4 is 11.9 Å². The summed E-state index contributed by atoms with van der Waals surface area (Å²) >= 11 is 0. The molecule has 4 heteroatoms. The summed E-state index contributed by atoms with van der Waals surface area (Å²) in [5.74, 6) is 0.609. The Balaban J connectivity index is 2.24. The van der Waals surface area contributed by atoms with E-state index in [9.17, 15) is 5.11 Å². The van der Waals surface area contributed by atoms with Crippen LogP contribution in [0.15, 0.2) is 36.5 Å². The van der Waals surface area contributed by atoms with Crippen molar-refractivity contribution in [1.29, 1.82) is 0 Å². The normalized spacial score (nSPS) is 11.1. The Morgan fingerprint density at radius 1 is 1.25 bits per heavy atom. The smallest absolute Gasteiger partial charge is 0.150 e. The fourth-order valence-electron chi connectivity index (χ4n) is 1.85. The SMILES string of the molecule is CCCC/C=C/c1cnc(N)c(-c2ccc(O)cc2)n1. The first-order valence-electron chi connectivity index (χ1n) is 6.79. The van der Waals surface area contributed by atoms with E-state index in [0.717, 1.165) is 17.7 Å². The third-order valence-electron chi connectivity index (χ3n) is 2.97. The van der Waals surface area contributed by atoms with E-state index < -0.39 is 0 Å². The summed E-state index contributed by atoms with van der Waals surface area (Å²) in [4.78, 5) is 8.69. The van der Waals surface area contributed by atoms with Gasteiger partial charge in [0.1, 0.15) is 17.3 Å². The van der Waals surface area contributed by atoms with Crippen LogP contribution in [-0.4, -0.2) is 15.1 Å². The summed E-state index contributed by atoms with van der Waals surface area (Å²) in [6.45, 7) is 2.17. The maximum Gasteiger partial charge on any atom is 0.150 e.